The molecule has 0 radical (unpaired) electrons. The first kappa shape index (κ1) is 25.6. The number of fused-ring (bicyclic) bond motifs is 1. The molecule has 32 heavy (non-hydrogen) atoms. The Kier molecular flexibility index (Phi) is 9.43. The highest BCUT2D eigenvalue weighted by Gasteiger charge is 2.19. The van der Waals surface area contributed by atoms with Crippen LogP contribution in [0.15, 0.2) is 42.5 Å². The van der Waals surface area contributed by atoms with Crippen LogP contribution in [0.4, 0.5) is 9.52 Å². The summed E-state index contributed by atoms with van der Waals surface area (Å²) in [6.45, 7) is 1.30. The van der Waals surface area contributed by atoms with Gasteiger partial charge < -0.3 is 14.4 Å². The lowest BCUT2D eigenvalue weighted by Crippen LogP contribution is -2.32. The quantitative estimate of drug-likeness (QED) is 0.410. The number of hydrogen-bond donors (Lipinski definition) is 0. The fourth-order valence-corrected chi connectivity index (χ4v) is 4.09. The highest BCUT2D eigenvalue weighted by Crippen LogP contribution is 2.31. The normalized spacial score (nSPS) is 11.1. The minimum absolute atomic E-state index is 0. The highest BCUT2D eigenvalue weighted by molar-refractivity contribution is 7.22. The number of benzene rings is 2. The second-order valence-electron chi connectivity index (χ2n) is 7.18. The molecule has 1 heterocycles. The molecule has 0 saturated carbocycles. The van der Waals surface area contributed by atoms with Crippen LogP contribution >= 0.6 is 23.7 Å². The largest absolute Gasteiger partial charge is 0.493 e. The molecule has 172 valence electrons. The van der Waals surface area contributed by atoms with Crippen LogP contribution in [0.1, 0.15) is 12.0 Å². The van der Waals surface area contributed by atoms with Gasteiger partial charge in [-0.05, 0) is 63.0 Å². The van der Waals surface area contributed by atoms with E-state index < -0.39 is 0 Å². The number of thiazole rings is 1. The third-order valence-electron chi connectivity index (χ3n) is 4.67. The maximum absolute atomic E-state index is 14.1. The number of carbonyl (C=O) groups excluding carboxylic acids is 1. The van der Waals surface area contributed by atoms with Gasteiger partial charge in [-0.15, -0.1) is 12.4 Å². The highest BCUT2D eigenvalue weighted by atomic mass is 35.5. The van der Waals surface area contributed by atoms with E-state index >= 15 is 0 Å². The number of para-hydroxylation sites is 1. The number of aromatic nitrogens is 1. The molecule has 1 aromatic heterocycles. The van der Waals surface area contributed by atoms with Crippen LogP contribution in [-0.2, 0) is 4.79 Å². The van der Waals surface area contributed by atoms with Crippen molar-refractivity contribution in [1.82, 2.24) is 9.88 Å². The van der Waals surface area contributed by atoms with E-state index in [1.54, 1.807) is 43.4 Å². The Balaban J connectivity index is 0.00000363. The molecule has 0 atom stereocenters. The predicted molar refractivity (Wildman–Crippen MR) is 131 cm³/mol. The number of carbonyl (C=O) groups is 1. The topological polar surface area (TPSA) is 54.9 Å². The molecule has 0 N–H and O–H groups in total. The molecular formula is C23H27ClFN3O3S. The minimum atomic E-state index is -0.387. The fourth-order valence-electron chi connectivity index (χ4n) is 3.08. The number of ether oxygens (including phenoxy) is 2. The van der Waals surface area contributed by atoms with Gasteiger partial charge in [-0.3, -0.25) is 9.69 Å². The van der Waals surface area contributed by atoms with Crippen molar-refractivity contribution in [1.29, 1.82) is 0 Å². The van der Waals surface area contributed by atoms with Crippen molar-refractivity contribution < 1.29 is 18.7 Å². The number of anilines is 1. The Hall–Kier alpha value is -2.68. The second-order valence-corrected chi connectivity index (χ2v) is 8.19. The lowest BCUT2D eigenvalue weighted by Gasteiger charge is -2.19. The summed E-state index contributed by atoms with van der Waals surface area (Å²) >= 11 is 1.31. The molecule has 2 aromatic carbocycles. The van der Waals surface area contributed by atoms with Crippen LogP contribution < -0.4 is 14.4 Å². The molecule has 3 aromatic rings. The molecule has 0 aliphatic rings. The van der Waals surface area contributed by atoms with Crippen LogP contribution in [0.3, 0.4) is 0 Å². The summed E-state index contributed by atoms with van der Waals surface area (Å²) in [4.78, 5) is 21.1. The van der Waals surface area contributed by atoms with Crippen molar-refractivity contribution in [2.75, 3.05) is 46.3 Å². The number of rotatable bonds is 9. The molecule has 9 heteroatoms. The zero-order valence-electron chi connectivity index (χ0n) is 18.5. The van der Waals surface area contributed by atoms with Gasteiger partial charge in [0, 0.05) is 12.6 Å². The number of nitrogens with zero attached hydrogens (tertiary/aromatic N) is 3. The molecule has 0 aliphatic carbocycles. The van der Waals surface area contributed by atoms with Gasteiger partial charge in [0.1, 0.15) is 11.3 Å². The second kappa shape index (κ2) is 11.8. The molecule has 0 bridgehead atoms. The molecule has 0 unspecified atom stereocenters. The van der Waals surface area contributed by atoms with E-state index in [-0.39, 0.29) is 29.6 Å². The van der Waals surface area contributed by atoms with Crippen LogP contribution in [0.5, 0.6) is 11.5 Å². The lowest BCUT2D eigenvalue weighted by molar-refractivity contribution is -0.114. The van der Waals surface area contributed by atoms with Crippen molar-refractivity contribution in [3.05, 3.63) is 53.9 Å². The molecule has 6 nitrogen and oxygen atoms in total. The SMILES string of the molecule is COc1ccc(C=CC(=O)N(CCCN(C)C)c2nc3c(F)cccc3s2)cc1OC.Cl. The molecule has 0 aliphatic heterocycles. The van der Waals surface area contributed by atoms with E-state index in [9.17, 15) is 9.18 Å². The monoisotopic (exact) mass is 479 g/mol. The Labute approximate surface area is 197 Å². The fraction of sp³-hybridized carbons (Fsp3) is 0.304. The smallest absolute Gasteiger partial charge is 0.252 e. The summed E-state index contributed by atoms with van der Waals surface area (Å²) in [6, 6.07) is 10.3. The minimum Gasteiger partial charge on any atom is -0.493 e. The first-order valence-electron chi connectivity index (χ1n) is 9.84. The molecule has 0 fully saturated rings. The van der Waals surface area contributed by atoms with Gasteiger partial charge in [0.2, 0.25) is 0 Å². The van der Waals surface area contributed by atoms with Gasteiger partial charge in [0.25, 0.3) is 5.91 Å². The third-order valence-corrected chi connectivity index (χ3v) is 5.71. The van der Waals surface area contributed by atoms with Crippen molar-refractivity contribution in [3.63, 3.8) is 0 Å². The van der Waals surface area contributed by atoms with Crippen LogP contribution in [-0.4, -0.2) is 57.2 Å². The van der Waals surface area contributed by atoms with E-state index in [1.807, 2.05) is 26.2 Å². The summed E-state index contributed by atoms with van der Waals surface area (Å²) in [5.41, 5.74) is 1.09. The molecule has 0 saturated heterocycles. The zero-order valence-corrected chi connectivity index (χ0v) is 20.1. The average molecular weight is 480 g/mol. The van der Waals surface area contributed by atoms with E-state index in [0.717, 1.165) is 18.5 Å². The number of methoxy groups -OCH3 is 2. The lowest BCUT2D eigenvalue weighted by atomic mass is 10.2. The van der Waals surface area contributed by atoms with Gasteiger partial charge in [-0.2, -0.15) is 0 Å². The van der Waals surface area contributed by atoms with Gasteiger partial charge in [0.15, 0.2) is 16.6 Å². The number of halogens is 2. The summed E-state index contributed by atoms with van der Waals surface area (Å²) in [5, 5.41) is 0.487. The molecule has 1 amide bonds. The molecule has 3 rings (SSSR count). The maximum Gasteiger partial charge on any atom is 0.252 e. The van der Waals surface area contributed by atoms with Crippen LogP contribution in [0.25, 0.3) is 16.3 Å². The standard InChI is InChI=1S/C23H26FN3O3S.ClH/c1-26(2)13-6-14-27(23-25-22-17(24)7-5-8-20(22)31-23)21(28)12-10-16-9-11-18(29-3)19(15-16)30-4;/h5,7-12,15H,6,13-14H2,1-4H3;1H. The van der Waals surface area contributed by atoms with Gasteiger partial charge >= 0.3 is 0 Å². The Morgan fingerprint density at radius 1 is 1.12 bits per heavy atom. The Bertz CT molecular complexity index is 1090. The van der Waals surface area contributed by atoms with Crippen LogP contribution in [0, 0.1) is 5.82 Å². The van der Waals surface area contributed by atoms with Gasteiger partial charge in [-0.1, -0.05) is 23.5 Å². The first-order valence-corrected chi connectivity index (χ1v) is 10.7. The summed E-state index contributed by atoms with van der Waals surface area (Å²) in [7, 11) is 7.10. The van der Waals surface area contributed by atoms with E-state index in [1.165, 1.54) is 23.5 Å². The van der Waals surface area contributed by atoms with E-state index in [4.69, 9.17) is 9.47 Å². The maximum atomic E-state index is 14.1. The van der Waals surface area contributed by atoms with Crippen LogP contribution in [0.2, 0.25) is 0 Å². The molecular weight excluding hydrogens is 453 g/mol. The first-order chi connectivity index (χ1) is 14.9. The summed E-state index contributed by atoms with van der Waals surface area (Å²) in [6.07, 6.45) is 3.98. The Morgan fingerprint density at radius 2 is 1.88 bits per heavy atom. The van der Waals surface area contributed by atoms with E-state index in [0.29, 0.717) is 27.9 Å². The third kappa shape index (κ3) is 6.18. The zero-order chi connectivity index (χ0) is 22.4. The van der Waals surface area contributed by atoms with Crippen molar-refractivity contribution in [3.8, 4) is 11.5 Å². The van der Waals surface area contributed by atoms with Gasteiger partial charge in [-0.25, -0.2) is 9.37 Å². The van der Waals surface area contributed by atoms with Crippen molar-refractivity contribution in [2.24, 2.45) is 0 Å². The molecule has 0 spiro atoms. The number of hydrogen-bond acceptors (Lipinski definition) is 6. The summed E-state index contributed by atoms with van der Waals surface area (Å²) < 4.78 is 25.4. The van der Waals surface area contributed by atoms with Crippen molar-refractivity contribution in [2.45, 2.75) is 6.42 Å². The van der Waals surface area contributed by atoms with Crippen molar-refractivity contribution >= 4 is 51.1 Å². The average Bonchev–Trinajstić information content (AvgIpc) is 3.20. The van der Waals surface area contributed by atoms with E-state index in [2.05, 4.69) is 9.88 Å². The Morgan fingerprint density at radius 3 is 2.53 bits per heavy atom. The summed E-state index contributed by atoms with van der Waals surface area (Å²) in [5.74, 6) is 0.601. The van der Waals surface area contributed by atoms with Gasteiger partial charge in [0.05, 0.1) is 18.9 Å². The number of amides is 1. The predicted octanol–water partition coefficient (Wildman–Crippen LogP) is 4.87.